The fourth-order valence-electron chi connectivity index (χ4n) is 1.03. The van der Waals surface area contributed by atoms with Crippen LogP contribution in [0.2, 0.25) is 0 Å². The number of fused-ring (bicyclic) bond motifs is 2. The molecule has 2 aromatic heterocycles. The topological polar surface area (TPSA) is 121 Å². The molecule has 0 amide bonds. The monoisotopic (exact) mass is 224 g/mol. The Kier molecular flexibility index (Phi) is 1.95. The molecule has 10 nitrogen and oxygen atoms in total. The lowest BCUT2D eigenvalue weighted by Gasteiger charge is -2.03. The van der Waals surface area contributed by atoms with Gasteiger partial charge in [-0.15, -0.1) is 10.2 Å². The Morgan fingerprint density at radius 3 is 1.69 bits per heavy atom. The number of rotatable bonds is 0. The Morgan fingerprint density at radius 1 is 0.688 bits per heavy atom. The van der Waals surface area contributed by atoms with Crippen LogP contribution in [-0.4, -0.2) is 33.8 Å². The minimum Gasteiger partial charge on any atom is -0.469 e. The van der Waals surface area contributed by atoms with E-state index in [4.69, 9.17) is 9.47 Å². The van der Waals surface area contributed by atoms with Crippen LogP contribution in [0.4, 0.5) is 11.6 Å². The largest absolute Gasteiger partial charge is 0.469 e. The molecular formula is C6H4N6O4. The molecule has 0 unspecified atom stereocenters. The average molecular weight is 224 g/mol. The molecule has 0 atom stereocenters. The molecule has 2 aromatic rings. The minimum absolute atomic E-state index is 0.121. The van der Waals surface area contributed by atoms with E-state index in [1.165, 1.54) is 0 Å². The summed E-state index contributed by atoms with van der Waals surface area (Å²) in [7, 11) is 0. The van der Waals surface area contributed by atoms with Crippen molar-refractivity contribution in [1.82, 2.24) is 20.6 Å². The van der Waals surface area contributed by atoms with E-state index in [0.717, 1.165) is 0 Å². The molecule has 16 heavy (non-hydrogen) atoms. The van der Waals surface area contributed by atoms with Crippen molar-refractivity contribution in [2.45, 2.75) is 0 Å². The zero-order valence-corrected chi connectivity index (χ0v) is 7.73. The molecule has 0 saturated carbocycles. The van der Waals surface area contributed by atoms with E-state index in [1.807, 2.05) is 0 Å². The summed E-state index contributed by atoms with van der Waals surface area (Å²) in [6.45, 7) is 0.478. The molecule has 1 aliphatic rings. The number of hydrogen-bond donors (Lipinski definition) is 0. The van der Waals surface area contributed by atoms with Crippen molar-refractivity contribution in [2.75, 3.05) is 13.2 Å². The van der Waals surface area contributed by atoms with Gasteiger partial charge >= 0.3 is 11.8 Å². The van der Waals surface area contributed by atoms with Gasteiger partial charge in [-0.05, 0) is 20.6 Å². The number of azo groups is 1. The molecular weight excluding hydrogens is 220 g/mol. The highest BCUT2D eigenvalue weighted by Gasteiger charge is 2.16. The maximum Gasteiger partial charge on any atom is 0.304 e. The third-order valence-corrected chi connectivity index (χ3v) is 1.68. The highest BCUT2D eigenvalue weighted by molar-refractivity contribution is 5.40. The van der Waals surface area contributed by atoms with Gasteiger partial charge in [0.05, 0.1) is 0 Å². The van der Waals surface area contributed by atoms with Gasteiger partial charge in [0.25, 0.3) is 11.6 Å². The van der Waals surface area contributed by atoms with E-state index in [2.05, 4.69) is 40.1 Å². The first-order valence-electron chi connectivity index (χ1n) is 4.26. The standard InChI is InChI=1S/C6H4N6O4/c1-2-14-6-4(10-16-12-6)8-7-3-5(13-1)11-15-9-3/h1-2H2. The second-order valence-corrected chi connectivity index (χ2v) is 2.68. The molecule has 3 rings (SSSR count). The van der Waals surface area contributed by atoms with E-state index in [9.17, 15) is 0 Å². The van der Waals surface area contributed by atoms with Crippen molar-refractivity contribution >= 4 is 11.6 Å². The smallest absolute Gasteiger partial charge is 0.304 e. The maximum atomic E-state index is 5.17. The van der Waals surface area contributed by atoms with Crippen molar-refractivity contribution in [3.05, 3.63) is 0 Å². The summed E-state index contributed by atoms with van der Waals surface area (Å²) in [5.74, 6) is 0.534. The van der Waals surface area contributed by atoms with E-state index in [1.54, 1.807) is 0 Å². The van der Waals surface area contributed by atoms with Gasteiger partial charge in [0.15, 0.2) is 0 Å². The van der Waals surface area contributed by atoms with Crippen LogP contribution < -0.4 is 9.47 Å². The van der Waals surface area contributed by atoms with Crippen LogP contribution in [0, 0.1) is 0 Å². The summed E-state index contributed by atoms with van der Waals surface area (Å²) in [5.41, 5.74) is 0. The molecule has 0 aromatic carbocycles. The second kappa shape index (κ2) is 3.56. The zero-order chi connectivity index (χ0) is 10.8. The van der Waals surface area contributed by atoms with Crippen molar-refractivity contribution < 1.29 is 18.7 Å². The fourth-order valence-corrected chi connectivity index (χ4v) is 1.03. The van der Waals surface area contributed by atoms with Crippen molar-refractivity contribution in [3.8, 4) is 11.8 Å². The number of hydrogen-bond acceptors (Lipinski definition) is 10. The van der Waals surface area contributed by atoms with E-state index < -0.39 is 0 Å². The minimum atomic E-state index is 0.121. The van der Waals surface area contributed by atoms with Crippen LogP contribution in [0.3, 0.4) is 0 Å². The molecule has 0 saturated heterocycles. The summed E-state index contributed by atoms with van der Waals surface area (Å²) in [4.78, 5) is 0. The van der Waals surface area contributed by atoms with Gasteiger partial charge in [-0.3, -0.25) is 0 Å². The van der Waals surface area contributed by atoms with Crippen LogP contribution in [0.25, 0.3) is 0 Å². The summed E-state index contributed by atoms with van der Waals surface area (Å²) >= 11 is 0. The third-order valence-electron chi connectivity index (χ3n) is 1.68. The van der Waals surface area contributed by atoms with Crippen LogP contribution in [-0.2, 0) is 0 Å². The molecule has 0 radical (unpaired) electrons. The zero-order valence-electron chi connectivity index (χ0n) is 7.73. The van der Waals surface area contributed by atoms with Gasteiger partial charge in [0.1, 0.15) is 13.2 Å². The molecule has 1 aliphatic heterocycles. The third kappa shape index (κ3) is 1.45. The van der Waals surface area contributed by atoms with E-state index in [0.29, 0.717) is 0 Å². The predicted octanol–water partition coefficient (Wildman–Crippen LogP) is 0.639. The van der Waals surface area contributed by atoms with Crippen LogP contribution in [0.5, 0.6) is 11.8 Å². The van der Waals surface area contributed by atoms with Crippen LogP contribution in [0.15, 0.2) is 19.5 Å². The molecule has 0 bridgehead atoms. The lowest BCUT2D eigenvalue weighted by Crippen LogP contribution is -2.09. The normalized spacial score (nSPS) is 14.5. The predicted molar refractivity (Wildman–Crippen MR) is 43.8 cm³/mol. The molecule has 0 fully saturated rings. The van der Waals surface area contributed by atoms with Crippen molar-refractivity contribution in [2.24, 2.45) is 10.2 Å². The van der Waals surface area contributed by atoms with Gasteiger partial charge in [-0.25, -0.2) is 9.26 Å². The lowest BCUT2D eigenvalue weighted by atomic mass is 10.6. The first kappa shape index (κ1) is 8.76. The summed E-state index contributed by atoms with van der Waals surface area (Å²) < 4.78 is 19.2. The molecule has 0 aliphatic carbocycles. The molecule has 3 heterocycles. The Hall–Kier alpha value is -2.52. The SMILES string of the molecule is C1COc2nonc2N=Nc2nonc2O1. The number of ether oxygens (including phenoxy) is 2. The Balaban J connectivity index is 2.01. The average Bonchev–Trinajstić information content (AvgIpc) is 2.91. The van der Waals surface area contributed by atoms with E-state index in [-0.39, 0.29) is 36.6 Å². The summed E-state index contributed by atoms with van der Waals surface area (Å²) in [6, 6.07) is 0. The fraction of sp³-hybridized carbons (Fsp3) is 0.333. The quantitative estimate of drug-likeness (QED) is 0.638. The Morgan fingerprint density at radius 2 is 1.19 bits per heavy atom. The number of aromatic nitrogens is 4. The van der Waals surface area contributed by atoms with Crippen molar-refractivity contribution in [3.63, 3.8) is 0 Å². The van der Waals surface area contributed by atoms with Gasteiger partial charge in [0.2, 0.25) is 0 Å². The molecule has 0 spiro atoms. The number of nitrogens with zero attached hydrogens (tertiary/aromatic N) is 6. The van der Waals surface area contributed by atoms with Gasteiger partial charge in [-0.1, -0.05) is 0 Å². The highest BCUT2D eigenvalue weighted by atomic mass is 16.6. The van der Waals surface area contributed by atoms with Crippen LogP contribution >= 0.6 is 0 Å². The Labute approximate surface area is 87.2 Å². The lowest BCUT2D eigenvalue weighted by molar-refractivity contribution is 0.188. The molecule has 10 heteroatoms. The first-order chi connectivity index (χ1) is 7.93. The molecule has 82 valence electrons. The van der Waals surface area contributed by atoms with Crippen molar-refractivity contribution in [1.29, 1.82) is 0 Å². The van der Waals surface area contributed by atoms with E-state index >= 15 is 0 Å². The summed E-state index contributed by atoms with van der Waals surface area (Å²) in [5, 5.41) is 21.4. The van der Waals surface area contributed by atoms with Crippen LogP contribution in [0.1, 0.15) is 0 Å². The Bertz CT molecular complexity index is 472. The first-order valence-corrected chi connectivity index (χ1v) is 4.26. The van der Waals surface area contributed by atoms with Gasteiger partial charge in [-0.2, -0.15) is 0 Å². The van der Waals surface area contributed by atoms with Gasteiger partial charge < -0.3 is 9.47 Å². The van der Waals surface area contributed by atoms with Gasteiger partial charge in [0, 0.05) is 0 Å². The highest BCUT2D eigenvalue weighted by Crippen LogP contribution is 2.28. The second-order valence-electron chi connectivity index (χ2n) is 2.68. The molecule has 0 N–H and O–H groups in total. The maximum absolute atomic E-state index is 5.17. The summed E-state index contributed by atoms with van der Waals surface area (Å²) in [6.07, 6.45) is 0.